The summed E-state index contributed by atoms with van der Waals surface area (Å²) in [6.45, 7) is 0.373. The van der Waals surface area contributed by atoms with Crippen LogP contribution in [0.25, 0.3) is 0 Å². The molecule has 110 valence electrons. The number of nitrogens with zero attached hydrogens (tertiary/aromatic N) is 3. The van der Waals surface area contributed by atoms with Crippen LogP contribution < -0.4 is 11.1 Å². The zero-order chi connectivity index (χ0) is 15.4. The fourth-order valence-corrected chi connectivity index (χ4v) is 1.85. The lowest BCUT2D eigenvalue weighted by atomic mass is 10.1. The number of nitrogen functional groups attached to an aromatic ring is 1. The van der Waals surface area contributed by atoms with Crippen molar-refractivity contribution < 1.29 is 9.72 Å². The molecule has 0 fully saturated rings. The molecule has 0 saturated heterocycles. The number of rotatable bonds is 5. The maximum atomic E-state index is 12.0. The van der Waals surface area contributed by atoms with Gasteiger partial charge in [-0.05, 0) is 12.1 Å². The van der Waals surface area contributed by atoms with Crippen molar-refractivity contribution in [3.8, 4) is 0 Å². The Kier molecular flexibility index (Phi) is 4.17. The van der Waals surface area contributed by atoms with Crippen molar-refractivity contribution in [2.75, 3.05) is 12.3 Å². The van der Waals surface area contributed by atoms with Crippen molar-refractivity contribution >= 4 is 17.3 Å². The zero-order valence-electron chi connectivity index (χ0n) is 11.4. The van der Waals surface area contributed by atoms with Gasteiger partial charge in [0.15, 0.2) is 0 Å². The van der Waals surface area contributed by atoms with E-state index in [0.717, 1.165) is 5.69 Å². The van der Waals surface area contributed by atoms with E-state index in [1.54, 1.807) is 4.68 Å². The maximum absolute atomic E-state index is 12.0. The predicted octanol–water partition coefficient (Wildman–Crippen LogP) is 0.883. The standard InChI is InChI=1S/C13H15N5O3/c1-17-7-5-9(16-17)4-6-15-13(19)11-8-10(18(20)21)2-3-12(11)14/h2-3,5,7-8H,4,6,14H2,1H3,(H,15,19). The number of non-ortho nitro benzene ring substituents is 1. The summed E-state index contributed by atoms with van der Waals surface area (Å²) in [5, 5.41) is 17.6. The smallest absolute Gasteiger partial charge is 0.270 e. The van der Waals surface area contributed by atoms with E-state index in [9.17, 15) is 14.9 Å². The monoisotopic (exact) mass is 289 g/mol. The molecular formula is C13H15N5O3. The first-order valence-corrected chi connectivity index (χ1v) is 6.28. The van der Waals surface area contributed by atoms with E-state index in [1.807, 2.05) is 19.3 Å². The van der Waals surface area contributed by atoms with Gasteiger partial charge in [-0.3, -0.25) is 19.6 Å². The molecule has 0 aliphatic heterocycles. The zero-order valence-corrected chi connectivity index (χ0v) is 11.4. The Labute approximate surface area is 120 Å². The minimum atomic E-state index is -0.565. The highest BCUT2D eigenvalue weighted by Gasteiger charge is 2.15. The van der Waals surface area contributed by atoms with E-state index in [2.05, 4.69) is 10.4 Å². The first-order chi connectivity index (χ1) is 9.97. The molecule has 1 heterocycles. The minimum Gasteiger partial charge on any atom is -0.398 e. The van der Waals surface area contributed by atoms with Crippen molar-refractivity contribution in [2.24, 2.45) is 7.05 Å². The van der Waals surface area contributed by atoms with Crippen LogP contribution in [0.1, 0.15) is 16.1 Å². The summed E-state index contributed by atoms with van der Waals surface area (Å²) < 4.78 is 1.68. The van der Waals surface area contributed by atoms with Gasteiger partial charge in [0.1, 0.15) is 0 Å². The van der Waals surface area contributed by atoms with Gasteiger partial charge < -0.3 is 11.1 Å². The summed E-state index contributed by atoms with van der Waals surface area (Å²) in [7, 11) is 1.81. The van der Waals surface area contributed by atoms with Gasteiger partial charge >= 0.3 is 0 Å². The Morgan fingerprint density at radius 2 is 2.24 bits per heavy atom. The van der Waals surface area contributed by atoms with Gasteiger partial charge in [0.2, 0.25) is 0 Å². The molecule has 2 aromatic rings. The minimum absolute atomic E-state index is 0.102. The molecule has 0 saturated carbocycles. The van der Waals surface area contributed by atoms with Crippen molar-refractivity contribution in [3.63, 3.8) is 0 Å². The topological polar surface area (TPSA) is 116 Å². The lowest BCUT2D eigenvalue weighted by Crippen LogP contribution is -2.26. The van der Waals surface area contributed by atoms with Crippen LogP contribution >= 0.6 is 0 Å². The van der Waals surface area contributed by atoms with Gasteiger partial charge in [0.05, 0.1) is 16.2 Å². The molecule has 1 aromatic carbocycles. The predicted molar refractivity (Wildman–Crippen MR) is 76.8 cm³/mol. The van der Waals surface area contributed by atoms with E-state index in [0.29, 0.717) is 13.0 Å². The molecular weight excluding hydrogens is 274 g/mol. The Morgan fingerprint density at radius 1 is 1.48 bits per heavy atom. The second-order valence-corrected chi connectivity index (χ2v) is 4.52. The number of carbonyl (C=O) groups excluding carboxylic acids is 1. The van der Waals surface area contributed by atoms with Crippen LogP contribution in [0.5, 0.6) is 0 Å². The molecule has 21 heavy (non-hydrogen) atoms. The Morgan fingerprint density at radius 3 is 2.86 bits per heavy atom. The van der Waals surface area contributed by atoms with Crippen molar-refractivity contribution in [2.45, 2.75) is 6.42 Å². The van der Waals surface area contributed by atoms with E-state index < -0.39 is 10.8 Å². The number of nitrogens with two attached hydrogens (primary N) is 1. The number of nitro groups is 1. The number of anilines is 1. The van der Waals surface area contributed by atoms with Gasteiger partial charge in [-0.2, -0.15) is 5.10 Å². The third-order valence-corrected chi connectivity index (χ3v) is 2.93. The summed E-state index contributed by atoms with van der Waals surface area (Å²) in [6.07, 6.45) is 2.39. The highest BCUT2D eigenvalue weighted by atomic mass is 16.6. The fourth-order valence-electron chi connectivity index (χ4n) is 1.85. The molecule has 0 aliphatic carbocycles. The van der Waals surface area contributed by atoms with Crippen molar-refractivity contribution in [1.29, 1.82) is 0 Å². The Hall–Kier alpha value is -2.90. The number of aryl methyl sites for hydroxylation is 1. The number of benzene rings is 1. The molecule has 8 nitrogen and oxygen atoms in total. The molecule has 3 N–H and O–H groups in total. The number of nitrogens with one attached hydrogen (secondary N) is 1. The quantitative estimate of drug-likeness (QED) is 0.481. The molecule has 0 bridgehead atoms. The van der Waals surface area contributed by atoms with Gasteiger partial charge in [-0.15, -0.1) is 0 Å². The summed E-state index contributed by atoms with van der Waals surface area (Å²) >= 11 is 0. The fraction of sp³-hybridized carbons (Fsp3) is 0.231. The molecule has 0 radical (unpaired) electrons. The van der Waals surface area contributed by atoms with E-state index in [4.69, 9.17) is 5.73 Å². The molecule has 8 heteroatoms. The van der Waals surface area contributed by atoms with Crippen LogP contribution in [0, 0.1) is 10.1 Å². The molecule has 0 unspecified atom stereocenters. The Balaban J connectivity index is 1.99. The second kappa shape index (κ2) is 6.04. The lowest BCUT2D eigenvalue weighted by Gasteiger charge is -2.06. The number of carbonyl (C=O) groups is 1. The summed E-state index contributed by atoms with van der Waals surface area (Å²) in [4.78, 5) is 22.1. The third-order valence-electron chi connectivity index (χ3n) is 2.93. The average Bonchev–Trinajstić information content (AvgIpc) is 2.84. The Bertz CT molecular complexity index is 680. The molecule has 1 amide bonds. The normalized spacial score (nSPS) is 10.3. The summed E-state index contributed by atoms with van der Waals surface area (Å²) in [5.41, 5.74) is 6.67. The average molecular weight is 289 g/mol. The molecule has 1 aromatic heterocycles. The van der Waals surface area contributed by atoms with Crippen molar-refractivity contribution in [1.82, 2.24) is 15.1 Å². The van der Waals surface area contributed by atoms with Crippen LogP contribution in [-0.4, -0.2) is 27.2 Å². The summed E-state index contributed by atoms with van der Waals surface area (Å²) in [6, 6.07) is 5.64. The highest BCUT2D eigenvalue weighted by Crippen LogP contribution is 2.19. The highest BCUT2D eigenvalue weighted by molar-refractivity contribution is 5.99. The molecule has 0 atom stereocenters. The van der Waals surface area contributed by atoms with Crippen LogP contribution in [-0.2, 0) is 13.5 Å². The number of aromatic nitrogens is 2. The van der Waals surface area contributed by atoms with E-state index in [1.165, 1.54) is 18.2 Å². The van der Waals surface area contributed by atoms with E-state index >= 15 is 0 Å². The molecule has 2 rings (SSSR count). The SMILES string of the molecule is Cn1ccc(CCNC(=O)c2cc([N+](=O)[O-])ccc2N)n1. The van der Waals surface area contributed by atoms with Gasteiger partial charge in [-0.25, -0.2) is 0 Å². The van der Waals surface area contributed by atoms with Crippen LogP contribution in [0.15, 0.2) is 30.5 Å². The maximum Gasteiger partial charge on any atom is 0.270 e. The second-order valence-electron chi connectivity index (χ2n) is 4.52. The van der Waals surface area contributed by atoms with E-state index in [-0.39, 0.29) is 16.9 Å². The molecule has 0 spiro atoms. The van der Waals surface area contributed by atoms with Crippen LogP contribution in [0.2, 0.25) is 0 Å². The van der Waals surface area contributed by atoms with Crippen LogP contribution in [0.3, 0.4) is 0 Å². The van der Waals surface area contributed by atoms with Crippen LogP contribution in [0.4, 0.5) is 11.4 Å². The van der Waals surface area contributed by atoms with Crippen molar-refractivity contribution in [3.05, 3.63) is 51.8 Å². The molecule has 0 aliphatic rings. The first kappa shape index (κ1) is 14.5. The first-order valence-electron chi connectivity index (χ1n) is 6.28. The number of hydrogen-bond donors (Lipinski definition) is 2. The number of amides is 1. The van der Waals surface area contributed by atoms with Gasteiger partial charge in [0.25, 0.3) is 11.6 Å². The largest absolute Gasteiger partial charge is 0.398 e. The lowest BCUT2D eigenvalue weighted by molar-refractivity contribution is -0.384. The van der Waals surface area contributed by atoms with Gasteiger partial charge in [0, 0.05) is 44.0 Å². The summed E-state index contributed by atoms with van der Waals surface area (Å²) in [5.74, 6) is -0.438. The van der Waals surface area contributed by atoms with Gasteiger partial charge in [-0.1, -0.05) is 0 Å². The number of nitro benzene ring substituents is 1. The third kappa shape index (κ3) is 3.56. The number of hydrogen-bond acceptors (Lipinski definition) is 5.